The Hall–Kier alpha value is -1.61. The third-order valence-electron chi connectivity index (χ3n) is 3.43. The maximum atomic E-state index is 4.45. The lowest BCUT2D eigenvalue weighted by atomic mass is 10.1. The second kappa shape index (κ2) is 6.53. The number of nitrogens with zero attached hydrogens (tertiary/aromatic N) is 2. The van der Waals surface area contributed by atoms with E-state index in [4.69, 9.17) is 0 Å². The highest BCUT2D eigenvalue weighted by Gasteiger charge is 2.01. The number of rotatable bonds is 6. The summed E-state index contributed by atoms with van der Waals surface area (Å²) >= 11 is 0. The maximum absolute atomic E-state index is 4.45. The molecule has 3 nitrogen and oxygen atoms in total. The van der Waals surface area contributed by atoms with Crippen LogP contribution in [-0.2, 0) is 13.0 Å². The van der Waals surface area contributed by atoms with E-state index < -0.39 is 0 Å². The minimum atomic E-state index is 0.898. The van der Waals surface area contributed by atoms with Gasteiger partial charge in [0.1, 0.15) is 0 Å². The zero-order valence-corrected chi connectivity index (χ0v) is 12.1. The SMILES string of the molecule is CCNCCc1cn(Cc2ccc(C)c(C)c2)cn1. The summed E-state index contributed by atoms with van der Waals surface area (Å²) in [6.45, 7) is 9.35. The quantitative estimate of drug-likeness (QED) is 0.806. The van der Waals surface area contributed by atoms with Crippen LogP contribution in [0.15, 0.2) is 30.7 Å². The highest BCUT2D eigenvalue weighted by Crippen LogP contribution is 2.11. The van der Waals surface area contributed by atoms with Crippen LogP contribution in [0.25, 0.3) is 0 Å². The Balaban J connectivity index is 1.97. The summed E-state index contributed by atoms with van der Waals surface area (Å²) in [7, 11) is 0. The molecular weight excluding hydrogens is 234 g/mol. The van der Waals surface area contributed by atoms with Gasteiger partial charge in [0, 0.05) is 25.7 Å². The second-order valence-corrected chi connectivity index (χ2v) is 5.06. The Labute approximate surface area is 115 Å². The largest absolute Gasteiger partial charge is 0.333 e. The van der Waals surface area contributed by atoms with Gasteiger partial charge in [0.15, 0.2) is 0 Å². The van der Waals surface area contributed by atoms with E-state index in [-0.39, 0.29) is 0 Å². The van der Waals surface area contributed by atoms with E-state index in [1.165, 1.54) is 16.7 Å². The third kappa shape index (κ3) is 3.93. The molecule has 0 aliphatic heterocycles. The molecule has 0 saturated heterocycles. The Bertz CT molecular complexity index is 529. The Morgan fingerprint density at radius 3 is 2.79 bits per heavy atom. The predicted molar refractivity (Wildman–Crippen MR) is 79.5 cm³/mol. The van der Waals surface area contributed by atoms with Crippen molar-refractivity contribution in [3.05, 3.63) is 53.1 Å². The number of hydrogen-bond acceptors (Lipinski definition) is 2. The summed E-state index contributed by atoms with van der Waals surface area (Å²) in [4.78, 5) is 4.45. The molecule has 0 unspecified atom stereocenters. The summed E-state index contributed by atoms with van der Waals surface area (Å²) in [6.07, 6.45) is 5.07. The van der Waals surface area contributed by atoms with E-state index in [0.29, 0.717) is 0 Å². The van der Waals surface area contributed by atoms with E-state index in [1.54, 1.807) is 0 Å². The maximum Gasteiger partial charge on any atom is 0.0952 e. The van der Waals surface area contributed by atoms with Crippen LogP contribution in [0, 0.1) is 13.8 Å². The van der Waals surface area contributed by atoms with Crippen LogP contribution < -0.4 is 5.32 Å². The molecule has 1 heterocycles. The molecule has 0 atom stereocenters. The standard InChI is InChI=1S/C16H23N3/c1-4-17-8-7-16-11-19(12-18-16)10-15-6-5-13(2)14(3)9-15/h5-6,9,11-12,17H,4,7-8,10H2,1-3H3. The average Bonchev–Trinajstić information content (AvgIpc) is 2.82. The molecule has 102 valence electrons. The van der Waals surface area contributed by atoms with Gasteiger partial charge in [-0.25, -0.2) is 4.98 Å². The number of nitrogens with one attached hydrogen (secondary N) is 1. The fraction of sp³-hybridized carbons (Fsp3) is 0.438. The Morgan fingerprint density at radius 2 is 2.05 bits per heavy atom. The predicted octanol–water partition coefficient (Wildman–Crippen LogP) is 2.70. The molecule has 0 fully saturated rings. The van der Waals surface area contributed by atoms with Crippen LogP contribution in [0.2, 0.25) is 0 Å². The van der Waals surface area contributed by atoms with Crippen molar-refractivity contribution < 1.29 is 0 Å². The molecule has 1 aromatic carbocycles. The van der Waals surface area contributed by atoms with Crippen LogP contribution in [0.5, 0.6) is 0 Å². The minimum Gasteiger partial charge on any atom is -0.333 e. The van der Waals surface area contributed by atoms with Crippen molar-refractivity contribution in [2.24, 2.45) is 0 Å². The number of aromatic nitrogens is 2. The van der Waals surface area contributed by atoms with E-state index in [1.807, 2.05) is 6.33 Å². The van der Waals surface area contributed by atoms with Gasteiger partial charge in [-0.1, -0.05) is 25.1 Å². The summed E-state index contributed by atoms with van der Waals surface area (Å²) in [6, 6.07) is 6.64. The van der Waals surface area contributed by atoms with E-state index in [9.17, 15) is 0 Å². The third-order valence-corrected chi connectivity index (χ3v) is 3.43. The molecular formula is C16H23N3. The molecule has 0 bridgehead atoms. The smallest absolute Gasteiger partial charge is 0.0952 e. The lowest BCUT2D eigenvalue weighted by molar-refractivity contribution is 0.708. The molecule has 0 saturated carbocycles. The fourth-order valence-electron chi connectivity index (χ4n) is 2.13. The van der Waals surface area contributed by atoms with Gasteiger partial charge in [-0.05, 0) is 37.1 Å². The van der Waals surface area contributed by atoms with Gasteiger partial charge < -0.3 is 9.88 Å². The molecule has 1 N–H and O–H groups in total. The molecule has 0 amide bonds. The van der Waals surface area contributed by atoms with Crippen molar-refractivity contribution in [3.63, 3.8) is 0 Å². The first-order valence-corrected chi connectivity index (χ1v) is 6.96. The number of benzene rings is 1. The van der Waals surface area contributed by atoms with Gasteiger partial charge >= 0.3 is 0 Å². The molecule has 2 rings (SSSR count). The molecule has 0 spiro atoms. The van der Waals surface area contributed by atoms with E-state index >= 15 is 0 Å². The Kier molecular flexibility index (Phi) is 4.74. The normalized spacial score (nSPS) is 10.9. The fourth-order valence-corrected chi connectivity index (χ4v) is 2.13. The highest BCUT2D eigenvalue weighted by molar-refractivity contribution is 5.30. The van der Waals surface area contributed by atoms with Crippen molar-refractivity contribution in [1.82, 2.24) is 14.9 Å². The van der Waals surface area contributed by atoms with E-state index in [0.717, 1.165) is 31.7 Å². The number of aryl methyl sites for hydroxylation is 2. The molecule has 3 heteroatoms. The first kappa shape index (κ1) is 13.8. The average molecular weight is 257 g/mol. The van der Waals surface area contributed by atoms with Crippen molar-refractivity contribution in [2.75, 3.05) is 13.1 Å². The van der Waals surface area contributed by atoms with Crippen molar-refractivity contribution in [1.29, 1.82) is 0 Å². The topological polar surface area (TPSA) is 29.9 Å². The van der Waals surface area contributed by atoms with Crippen molar-refractivity contribution in [3.8, 4) is 0 Å². The zero-order valence-electron chi connectivity index (χ0n) is 12.1. The van der Waals surface area contributed by atoms with Gasteiger partial charge in [0.05, 0.1) is 12.0 Å². The number of hydrogen-bond donors (Lipinski definition) is 1. The number of imidazole rings is 1. The van der Waals surface area contributed by atoms with E-state index in [2.05, 4.69) is 60.0 Å². The second-order valence-electron chi connectivity index (χ2n) is 5.06. The lowest BCUT2D eigenvalue weighted by Gasteiger charge is -2.06. The van der Waals surface area contributed by atoms with Crippen LogP contribution >= 0.6 is 0 Å². The molecule has 1 aromatic heterocycles. The number of likely N-dealkylation sites (N-methyl/N-ethyl adjacent to an activating group) is 1. The minimum absolute atomic E-state index is 0.898. The highest BCUT2D eigenvalue weighted by atomic mass is 15.0. The molecule has 0 aliphatic rings. The summed E-state index contributed by atoms with van der Waals surface area (Å²) < 4.78 is 2.16. The van der Waals surface area contributed by atoms with Gasteiger partial charge in [-0.15, -0.1) is 0 Å². The molecule has 0 aliphatic carbocycles. The van der Waals surface area contributed by atoms with Gasteiger partial charge in [-0.2, -0.15) is 0 Å². The molecule has 2 aromatic rings. The van der Waals surface area contributed by atoms with Crippen LogP contribution in [0.1, 0.15) is 29.3 Å². The molecule has 0 radical (unpaired) electrons. The van der Waals surface area contributed by atoms with Crippen molar-refractivity contribution in [2.45, 2.75) is 33.7 Å². The van der Waals surface area contributed by atoms with Gasteiger partial charge in [-0.3, -0.25) is 0 Å². The molecule has 19 heavy (non-hydrogen) atoms. The van der Waals surface area contributed by atoms with Crippen LogP contribution in [-0.4, -0.2) is 22.6 Å². The van der Waals surface area contributed by atoms with Gasteiger partial charge in [0.2, 0.25) is 0 Å². The Morgan fingerprint density at radius 1 is 1.21 bits per heavy atom. The zero-order chi connectivity index (χ0) is 13.7. The van der Waals surface area contributed by atoms with Crippen LogP contribution in [0.3, 0.4) is 0 Å². The summed E-state index contributed by atoms with van der Waals surface area (Å²) in [5, 5.41) is 3.32. The van der Waals surface area contributed by atoms with Crippen molar-refractivity contribution >= 4 is 0 Å². The van der Waals surface area contributed by atoms with Crippen LogP contribution in [0.4, 0.5) is 0 Å². The summed E-state index contributed by atoms with van der Waals surface area (Å²) in [5.41, 5.74) is 5.19. The lowest BCUT2D eigenvalue weighted by Crippen LogP contribution is -2.16. The monoisotopic (exact) mass is 257 g/mol. The first-order chi connectivity index (χ1) is 9.19. The van der Waals surface area contributed by atoms with Gasteiger partial charge in [0.25, 0.3) is 0 Å². The first-order valence-electron chi connectivity index (χ1n) is 6.96. The summed E-state index contributed by atoms with van der Waals surface area (Å²) in [5.74, 6) is 0.